The first-order valence-corrected chi connectivity index (χ1v) is 8.50. The summed E-state index contributed by atoms with van der Waals surface area (Å²) >= 11 is 1.66. The molecular weight excluding hydrogens is 322 g/mol. The van der Waals surface area contributed by atoms with Gasteiger partial charge in [-0.3, -0.25) is 9.36 Å². The molecule has 0 aliphatic rings. The fourth-order valence-corrected chi connectivity index (χ4v) is 3.16. The van der Waals surface area contributed by atoms with Crippen LogP contribution in [-0.2, 0) is 0 Å². The molecule has 24 heavy (non-hydrogen) atoms. The van der Waals surface area contributed by atoms with E-state index >= 15 is 0 Å². The van der Waals surface area contributed by atoms with Crippen molar-refractivity contribution in [2.24, 2.45) is 0 Å². The number of carbonyl (C=O) groups is 1. The molecule has 0 bridgehead atoms. The Labute approximate surface area is 144 Å². The van der Waals surface area contributed by atoms with Crippen LogP contribution in [0.2, 0.25) is 0 Å². The molecule has 124 valence electrons. The molecule has 7 heteroatoms. The minimum Gasteiger partial charge on any atom is -0.350 e. The molecule has 3 heterocycles. The summed E-state index contributed by atoms with van der Waals surface area (Å²) in [5, 5.41) is 7.17. The van der Waals surface area contributed by atoms with Crippen LogP contribution >= 0.6 is 11.3 Å². The number of hydrogen-bond acceptors (Lipinski definition) is 5. The Bertz CT molecular complexity index is 783. The summed E-state index contributed by atoms with van der Waals surface area (Å²) in [6.07, 6.45) is 6.76. The SMILES string of the molecule is CN(C)C(CNC(=O)c1ccnc(-n2ccnc2)c1)c1ccsc1. The first kappa shape index (κ1) is 16.4. The molecule has 3 aromatic heterocycles. The molecule has 1 N–H and O–H groups in total. The third-order valence-electron chi connectivity index (χ3n) is 3.78. The van der Waals surface area contributed by atoms with Gasteiger partial charge in [-0.25, -0.2) is 9.97 Å². The Kier molecular flexibility index (Phi) is 5.02. The molecule has 0 spiro atoms. The zero-order chi connectivity index (χ0) is 16.9. The van der Waals surface area contributed by atoms with E-state index in [2.05, 4.69) is 31.6 Å². The van der Waals surface area contributed by atoms with Gasteiger partial charge in [0, 0.05) is 30.7 Å². The van der Waals surface area contributed by atoms with E-state index in [0.717, 1.165) is 0 Å². The molecule has 0 aliphatic heterocycles. The van der Waals surface area contributed by atoms with Gasteiger partial charge in [-0.2, -0.15) is 11.3 Å². The predicted molar refractivity (Wildman–Crippen MR) is 94.4 cm³/mol. The number of nitrogens with zero attached hydrogens (tertiary/aromatic N) is 4. The standard InChI is InChI=1S/C17H19N5OS/c1-21(2)15(14-4-8-24-11-14)10-20-17(23)13-3-5-19-16(9-13)22-7-6-18-12-22/h3-9,11-12,15H,10H2,1-2H3,(H,20,23). The van der Waals surface area contributed by atoms with Crippen molar-refractivity contribution in [3.8, 4) is 5.82 Å². The van der Waals surface area contributed by atoms with E-state index in [4.69, 9.17) is 0 Å². The second-order valence-electron chi connectivity index (χ2n) is 5.62. The van der Waals surface area contributed by atoms with E-state index in [0.29, 0.717) is 17.9 Å². The number of thiophene rings is 1. The van der Waals surface area contributed by atoms with Crippen LogP contribution in [0.25, 0.3) is 5.82 Å². The van der Waals surface area contributed by atoms with Crippen molar-refractivity contribution in [3.05, 3.63) is 65.0 Å². The zero-order valence-corrected chi connectivity index (χ0v) is 14.4. The molecule has 0 aromatic carbocycles. The molecule has 0 aliphatic carbocycles. The van der Waals surface area contributed by atoms with Crippen molar-refractivity contribution in [1.29, 1.82) is 0 Å². The van der Waals surface area contributed by atoms with Gasteiger partial charge in [0.25, 0.3) is 5.91 Å². The van der Waals surface area contributed by atoms with Gasteiger partial charge in [0.05, 0.1) is 6.04 Å². The second-order valence-corrected chi connectivity index (χ2v) is 6.40. The van der Waals surface area contributed by atoms with Gasteiger partial charge in [0.1, 0.15) is 12.1 Å². The minimum atomic E-state index is -0.110. The van der Waals surface area contributed by atoms with Crippen molar-refractivity contribution >= 4 is 17.2 Å². The quantitative estimate of drug-likeness (QED) is 0.748. The third-order valence-corrected chi connectivity index (χ3v) is 4.49. The third kappa shape index (κ3) is 3.69. The van der Waals surface area contributed by atoms with E-state index in [9.17, 15) is 4.79 Å². The summed E-state index contributed by atoms with van der Waals surface area (Å²) in [6, 6.07) is 5.71. The lowest BCUT2D eigenvalue weighted by molar-refractivity contribution is 0.0942. The average Bonchev–Trinajstić information content (AvgIpc) is 3.28. The summed E-state index contributed by atoms with van der Waals surface area (Å²) in [5.41, 5.74) is 1.79. The average molecular weight is 341 g/mol. The highest BCUT2D eigenvalue weighted by Gasteiger charge is 2.16. The second kappa shape index (κ2) is 7.37. The number of carbonyl (C=O) groups excluding carboxylic acids is 1. The number of amides is 1. The van der Waals surface area contributed by atoms with Crippen molar-refractivity contribution in [3.63, 3.8) is 0 Å². The Morgan fingerprint density at radius 1 is 1.38 bits per heavy atom. The van der Waals surface area contributed by atoms with Gasteiger partial charge in [0.2, 0.25) is 0 Å². The number of likely N-dealkylation sites (N-methyl/N-ethyl adjacent to an activating group) is 1. The highest BCUT2D eigenvalue weighted by molar-refractivity contribution is 7.07. The van der Waals surface area contributed by atoms with Crippen LogP contribution in [0.15, 0.2) is 53.9 Å². The van der Waals surface area contributed by atoms with Crippen LogP contribution in [0.3, 0.4) is 0 Å². The van der Waals surface area contributed by atoms with Crippen LogP contribution in [0, 0.1) is 0 Å². The molecule has 0 fully saturated rings. The highest BCUT2D eigenvalue weighted by Crippen LogP contribution is 2.20. The van der Waals surface area contributed by atoms with Crippen molar-refractivity contribution in [2.75, 3.05) is 20.6 Å². The molecule has 0 radical (unpaired) electrons. The van der Waals surface area contributed by atoms with E-state index in [-0.39, 0.29) is 11.9 Å². The van der Waals surface area contributed by atoms with Gasteiger partial charge in [-0.1, -0.05) is 0 Å². The van der Waals surface area contributed by atoms with Crippen LogP contribution in [-0.4, -0.2) is 46.0 Å². The molecule has 1 atom stereocenters. The van der Waals surface area contributed by atoms with Crippen LogP contribution in [0.1, 0.15) is 22.0 Å². The van der Waals surface area contributed by atoms with Crippen molar-refractivity contribution in [2.45, 2.75) is 6.04 Å². The van der Waals surface area contributed by atoms with Gasteiger partial charge >= 0.3 is 0 Å². The first-order valence-electron chi connectivity index (χ1n) is 7.56. The maximum Gasteiger partial charge on any atom is 0.251 e. The Morgan fingerprint density at radius 3 is 2.92 bits per heavy atom. The Balaban J connectivity index is 1.70. The number of rotatable bonds is 6. The van der Waals surface area contributed by atoms with Crippen LogP contribution < -0.4 is 5.32 Å². The number of hydrogen-bond donors (Lipinski definition) is 1. The minimum absolute atomic E-state index is 0.110. The van der Waals surface area contributed by atoms with E-state index in [1.165, 1.54) is 5.56 Å². The fraction of sp³-hybridized carbons (Fsp3) is 0.235. The van der Waals surface area contributed by atoms with Crippen molar-refractivity contribution in [1.82, 2.24) is 24.8 Å². The molecule has 3 aromatic rings. The summed E-state index contributed by atoms with van der Waals surface area (Å²) in [7, 11) is 4.02. The molecule has 1 unspecified atom stereocenters. The lowest BCUT2D eigenvalue weighted by atomic mass is 10.1. The topological polar surface area (TPSA) is 63.1 Å². The maximum atomic E-state index is 12.5. The van der Waals surface area contributed by atoms with Crippen molar-refractivity contribution < 1.29 is 4.79 Å². The maximum absolute atomic E-state index is 12.5. The number of nitrogens with one attached hydrogen (secondary N) is 1. The molecule has 3 rings (SSSR count). The Hall–Kier alpha value is -2.51. The molecular formula is C17H19N5OS. The van der Waals surface area contributed by atoms with E-state index in [1.54, 1.807) is 53.0 Å². The molecule has 0 saturated carbocycles. The molecule has 1 amide bonds. The number of imidazole rings is 1. The lowest BCUT2D eigenvalue weighted by Gasteiger charge is -2.24. The van der Waals surface area contributed by atoms with Gasteiger partial charge in [-0.05, 0) is 48.6 Å². The zero-order valence-electron chi connectivity index (χ0n) is 13.6. The Morgan fingerprint density at radius 2 is 2.25 bits per heavy atom. The van der Waals surface area contributed by atoms with Gasteiger partial charge < -0.3 is 10.2 Å². The lowest BCUT2D eigenvalue weighted by Crippen LogP contribution is -2.34. The number of pyridine rings is 1. The smallest absolute Gasteiger partial charge is 0.251 e. The summed E-state index contributed by atoms with van der Waals surface area (Å²) in [4.78, 5) is 22.8. The molecule has 6 nitrogen and oxygen atoms in total. The van der Waals surface area contributed by atoms with E-state index in [1.807, 2.05) is 19.5 Å². The molecule has 0 saturated heterocycles. The summed E-state index contributed by atoms with van der Waals surface area (Å²) < 4.78 is 1.77. The first-order chi connectivity index (χ1) is 11.6. The number of aromatic nitrogens is 3. The monoisotopic (exact) mass is 341 g/mol. The highest BCUT2D eigenvalue weighted by atomic mass is 32.1. The summed E-state index contributed by atoms with van der Waals surface area (Å²) in [6.45, 7) is 0.547. The van der Waals surface area contributed by atoms with Gasteiger partial charge in [-0.15, -0.1) is 0 Å². The summed E-state index contributed by atoms with van der Waals surface area (Å²) in [5.74, 6) is 0.558. The van der Waals surface area contributed by atoms with Crippen LogP contribution in [0.4, 0.5) is 0 Å². The predicted octanol–water partition coefficient (Wildman–Crippen LogP) is 2.36. The van der Waals surface area contributed by atoms with E-state index < -0.39 is 0 Å². The largest absolute Gasteiger partial charge is 0.350 e. The normalized spacial score (nSPS) is 12.3. The van der Waals surface area contributed by atoms with Crippen LogP contribution in [0.5, 0.6) is 0 Å². The van der Waals surface area contributed by atoms with Gasteiger partial charge in [0.15, 0.2) is 0 Å². The fourth-order valence-electron chi connectivity index (χ4n) is 2.45.